The second-order valence-corrected chi connectivity index (χ2v) is 5.63. The van der Waals surface area contributed by atoms with Crippen molar-refractivity contribution in [2.45, 2.75) is 63.7 Å². The second-order valence-electron chi connectivity index (χ2n) is 5.63. The average Bonchev–Trinajstić information content (AvgIpc) is 2.96. The molecule has 2 aliphatic heterocycles. The van der Waals surface area contributed by atoms with E-state index in [1.807, 2.05) is 7.05 Å². The Hall–Kier alpha value is -0.610. The lowest BCUT2D eigenvalue weighted by Crippen LogP contribution is -2.41. The molecule has 3 unspecified atom stereocenters. The van der Waals surface area contributed by atoms with Crippen LogP contribution in [0, 0.1) is 0 Å². The van der Waals surface area contributed by atoms with E-state index in [4.69, 9.17) is 4.74 Å². The average molecular weight is 254 g/mol. The minimum absolute atomic E-state index is 0.314. The smallest absolute Gasteiger partial charge is 0.222 e. The highest BCUT2D eigenvalue weighted by Crippen LogP contribution is 2.24. The van der Waals surface area contributed by atoms with Crippen LogP contribution >= 0.6 is 0 Å². The number of nitrogens with zero attached hydrogens (tertiary/aromatic N) is 1. The lowest BCUT2D eigenvalue weighted by Gasteiger charge is -2.25. The maximum Gasteiger partial charge on any atom is 0.222 e. The van der Waals surface area contributed by atoms with E-state index in [0.717, 1.165) is 45.2 Å². The van der Waals surface area contributed by atoms with Crippen LogP contribution < -0.4 is 5.32 Å². The number of carbonyl (C=O) groups excluding carboxylic acids is 1. The second kappa shape index (κ2) is 6.53. The van der Waals surface area contributed by atoms with Gasteiger partial charge in [-0.3, -0.25) is 4.79 Å². The van der Waals surface area contributed by atoms with E-state index in [9.17, 15) is 4.79 Å². The Morgan fingerprint density at radius 1 is 1.39 bits per heavy atom. The highest BCUT2D eigenvalue weighted by Gasteiger charge is 2.29. The third kappa shape index (κ3) is 3.45. The first-order chi connectivity index (χ1) is 8.70. The van der Waals surface area contributed by atoms with Crippen molar-refractivity contribution in [2.24, 2.45) is 0 Å². The highest BCUT2D eigenvalue weighted by atomic mass is 16.5. The summed E-state index contributed by atoms with van der Waals surface area (Å²) in [6.45, 7) is 3.97. The van der Waals surface area contributed by atoms with Gasteiger partial charge in [-0.2, -0.15) is 0 Å². The Morgan fingerprint density at radius 3 is 2.89 bits per heavy atom. The summed E-state index contributed by atoms with van der Waals surface area (Å²) in [4.78, 5) is 14.3. The first kappa shape index (κ1) is 13.8. The largest absolute Gasteiger partial charge is 0.375 e. The zero-order valence-corrected chi connectivity index (χ0v) is 11.7. The molecule has 0 radical (unpaired) electrons. The standard InChI is InChI=1S/C14H26N2O2/c1-11-5-6-13(18-11)7-8-14(17)16-9-3-4-12(16)10-15-2/h11-13,15H,3-10H2,1-2H3. The molecule has 1 amide bonds. The van der Waals surface area contributed by atoms with Gasteiger partial charge in [-0.25, -0.2) is 0 Å². The Kier molecular flexibility index (Phi) is 5.01. The van der Waals surface area contributed by atoms with Crippen LogP contribution in [0.15, 0.2) is 0 Å². The van der Waals surface area contributed by atoms with E-state index in [2.05, 4.69) is 17.1 Å². The summed E-state index contributed by atoms with van der Waals surface area (Å²) in [7, 11) is 1.95. The molecule has 2 aliphatic rings. The van der Waals surface area contributed by atoms with Crippen LogP contribution in [0.25, 0.3) is 0 Å². The van der Waals surface area contributed by atoms with Crippen molar-refractivity contribution in [3.8, 4) is 0 Å². The Labute approximate surface area is 110 Å². The third-order valence-electron chi connectivity index (χ3n) is 4.14. The summed E-state index contributed by atoms with van der Waals surface area (Å²) < 4.78 is 5.77. The molecule has 0 bridgehead atoms. The molecule has 0 aromatic heterocycles. The number of rotatable bonds is 5. The third-order valence-corrected chi connectivity index (χ3v) is 4.14. The summed E-state index contributed by atoms with van der Waals surface area (Å²) in [6, 6.07) is 0.408. The number of hydrogen-bond donors (Lipinski definition) is 1. The maximum atomic E-state index is 12.2. The SMILES string of the molecule is CNCC1CCCN1C(=O)CCC1CCC(C)O1. The lowest BCUT2D eigenvalue weighted by molar-refractivity contribution is -0.132. The summed E-state index contributed by atoms with van der Waals surface area (Å²) in [6.07, 6.45) is 6.80. The van der Waals surface area contributed by atoms with Crippen molar-refractivity contribution in [1.29, 1.82) is 0 Å². The fourth-order valence-electron chi connectivity index (χ4n) is 3.14. The first-order valence-corrected chi connectivity index (χ1v) is 7.30. The number of nitrogens with one attached hydrogen (secondary N) is 1. The lowest BCUT2D eigenvalue weighted by atomic mass is 10.1. The van der Waals surface area contributed by atoms with Crippen LogP contribution in [0.5, 0.6) is 0 Å². The minimum Gasteiger partial charge on any atom is -0.375 e. The van der Waals surface area contributed by atoms with Crippen molar-refractivity contribution < 1.29 is 9.53 Å². The van der Waals surface area contributed by atoms with Crippen LogP contribution in [0.4, 0.5) is 0 Å². The molecule has 2 saturated heterocycles. The zero-order chi connectivity index (χ0) is 13.0. The molecule has 0 spiro atoms. The molecular formula is C14H26N2O2. The molecule has 2 rings (SSSR count). The predicted molar refractivity (Wildman–Crippen MR) is 71.5 cm³/mol. The zero-order valence-electron chi connectivity index (χ0n) is 11.7. The molecule has 1 N–H and O–H groups in total. The van der Waals surface area contributed by atoms with Gasteiger partial charge in [0.05, 0.1) is 12.2 Å². The molecule has 0 aromatic carbocycles. The monoisotopic (exact) mass is 254 g/mol. The van der Waals surface area contributed by atoms with Crippen molar-refractivity contribution in [1.82, 2.24) is 10.2 Å². The topological polar surface area (TPSA) is 41.6 Å². The van der Waals surface area contributed by atoms with E-state index in [1.54, 1.807) is 0 Å². The van der Waals surface area contributed by atoms with Gasteiger partial charge in [0.15, 0.2) is 0 Å². The van der Waals surface area contributed by atoms with Gasteiger partial charge in [0.25, 0.3) is 0 Å². The Morgan fingerprint density at radius 2 is 2.22 bits per heavy atom. The molecule has 4 heteroatoms. The number of hydrogen-bond acceptors (Lipinski definition) is 3. The summed E-state index contributed by atoms with van der Waals surface area (Å²) >= 11 is 0. The van der Waals surface area contributed by atoms with Gasteiger partial charge in [-0.1, -0.05) is 0 Å². The van der Waals surface area contributed by atoms with E-state index < -0.39 is 0 Å². The van der Waals surface area contributed by atoms with Gasteiger partial charge >= 0.3 is 0 Å². The summed E-state index contributed by atoms with van der Waals surface area (Å²) in [5, 5.41) is 3.18. The number of likely N-dealkylation sites (tertiary alicyclic amines) is 1. The quantitative estimate of drug-likeness (QED) is 0.809. The van der Waals surface area contributed by atoms with Crippen molar-refractivity contribution in [3.63, 3.8) is 0 Å². The number of carbonyl (C=O) groups is 1. The van der Waals surface area contributed by atoms with E-state index in [-0.39, 0.29) is 0 Å². The highest BCUT2D eigenvalue weighted by molar-refractivity contribution is 5.76. The fraction of sp³-hybridized carbons (Fsp3) is 0.929. The molecule has 0 aromatic rings. The van der Waals surface area contributed by atoms with Gasteiger partial charge < -0.3 is 15.0 Å². The van der Waals surface area contributed by atoms with Crippen molar-refractivity contribution >= 4 is 5.91 Å². The van der Waals surface area contributed by atoms with Crippen LogP contribution in [0.2, 0.25) is 0 Å². The van der Waals surface area contributed by atoms with Gasteiger partial charge in [-0.05, 0) is 46.1 Å². The van der Waals surface area contributed by atoms with Crippen molar-refractivity contribution in [3.05, 3.63) is 0 Å². The fourth-order valence-corrected chi connectivity index (χ4v) is 3.14. The molecule has 2 fully saturated rings. The molecule has 18 heavy (non-hydrogen) atoms. The van der Waals surface area contributed by atoms with E-state index >= 15 is 0 Å². The molecule has 3 atom stereocenters. The summed E-state index contributed by atoms with van der Waals surface area (Å²) in [5.74, 6) is 0.316. The summed E-state index contributed by atoms with van der Waals surface area (Å²) in [5.41, 5.74) is 0. The number of ether oxygens (including phenoxy) is 1. The van der Waals surface area contributed by atoms with Crippen LogP contribution in [-0.4, -0.2) is 49.2 Å². The molecular weight excluding hydrogens is 228 g/mol. The number of amides is 1. The van der Waals surface area contributed by atoms with Crippen LogP contribution in [0.3, 0.4) is 0 Å². The minimum atomic E-state index is 0.314. The Bertz CT molecular complexity index is 283. The van der Waals surface area contributed by atoms with Gasteiger partial charge in [0.1, 0.15) is 0 Å². The first-order valence-electron chi connectivity index (χ1n) is 7.30. The van der Waals surface area contributed by atoms with Crippen LogP contribution in [-0.2, 0) is 9.53 Å². The van der Waals surface area contributed by atoms with E-state index in [1.165, 1.54) is 0 Å². The molecule has 4 nitrogen and oxygen atoms in total. The maximum absolute atomic E-state index is 12.2. The molecule has 104 valence electrons. The molecule has 2 heterocycles. The number of likely N-dealkylation sites (N-methyl/N-ethyl adjacent to an activating group) is 1. The van der Waals surface area contributed by atoms with Gasteiger partial charge in [0.2, 0.25) is 5.91 Å². The Balaban J connectivity index is 1.73. The molecule has 0 saturated carbocycles. The van der Waals surface area contributed by atoms with Gasteiger partial charge in [0, 0.05) is 25.6 Å². The van der Waals surface area contributed by atoms with Gasteiger partial charge in [-0.15, -0.1) is 0 Å². The predicted octanol–water partition coefficient (Wildman–Crippen LogP) is 1.54. The van der Waals surface area contributed by atoms with Crippen LogP contribution in [0.1, 0.15) is 45.4 Å². The van der Waals surface area contributed by atoms with Crippen molar-refractivity contribution in [2.75, 3.05) is 20.1 Å². The normalized spacial score (nSPS) is 32.1. The molecule has 0 aliphatic carbocycles. The van der Waals surface area contributed by atoms with E-state index in [0.29, 0.717) is 30.6 Å².